The SMILES string of the molecule is CCc1ccc(-c2nn(-c3ccccc3C)cc2C(=O)N2CCN(CCN3CCCC3)CC2)cc1. The number of piperazine rings is 1. The van der Waals surface area contributed by atoms with Crippen LogP contribution in [0, 0.1) is 6.92 Å². The number of hydrogen-bond acceptors (Lipinski definition) is 4. The first-order valence-electron chi connectivity index (χ1n) is 13.1. The van der Waals surface area contributed by atoms with Crippen molar-refractivity contribution in [3.05, 3.63) is 71.4 Å². The minimum absolute atomic E-state index is 0.0820. The normalized spacial score (nSPS) is 17.3. The van der Waals surface area contributed by atoms with Gasteiger partial charge in [-0.3, -0.25) is 9.69 Å². The van der Waals surface area contributed by atoms with Gasteiger partial charge in [0.05, 0.1) is 11.3 Å². The Bertz CT molecular complexity index is 1140. The molecule has 2 saturated heterocycles. The highest BCUT2D eigenvalue weighted by Crippen LogP contribution is 2.27. The summed E-state index contributed by atoms with van der Waals surface area (Å²) >= 11 is 0. The van der Waals surface area contributed by atoms with E-state index in [2.05, 4.69) is 60.0 Å². The Balaban J connectivity index is 1.35. The third kappa shape index (κ3) is 5.34. The van der Waals surface area contributed by atoms with Crippen LogP contribution in [0.15, 0.2) is 54.7 Å². The van der Waals surface area contributed by atoms with E-state index in [4.69, 9.17) is 5.10 Å². The van der Waals surface area contributed by atoms with E-state index >= 15 is 0 Å². The number of rotatable bonds is 7. The summed E-state index contributed by atoms with van der Waals surface area (Å²) in [4.78, 5) is 20.8. The Labute approximate surface area is 209 Å². The molecule has 2 fully saturated rings. The molecule has 3 heterocycles. The van der Waals surface area contributed by atoms with Gasteiger partial charge in [-0.15, -0.1) is 0 Å². The first-order chi connectivity index (χ1) is 17.1. The predicted octanol–water partition coefficient (Wildman–Crippen LogP) is 4.26. The van der Waals surface area contributed by atoms with Crippen LogP contribution in [0.5, 0.6) is 0 Å². The summed E-state index contributed by atoms with van der Waals surface area (Å²) in [6, 6.07) is 16.6. The van der Waals surface area contributed by atoms with Crippen molar-refractivity contribution in [2.75, 3.05) is 52.4 Å². The van der Waals surface area contributed by atoms with Gasteiger partial charge in [0.2, 0.25) is 0 Å². The Kier molecular flexibility index (Phi) is 7.30. The molecule has 0 unspecified atom stereocenters. The first-order valence-corrected chi connectivity index (χ1v) is 13.1. The summed E-state index contributed by atoms with van der Waals surface area (Å²) in [5, 5.41) is 4.92. The largest absolute Gasteiger partial charge is 0.336 e. The summed E-state index contributed by atoms with van der Waals surface area (Å²) in [5.41, 5.74) is 5.85. The lowest BCUT2D eigenvalue weighted by molar-refractivity contribution is 0.0627. The number of para-hydroxylation sites is 1. The zero-order valence-electron chi connectivity index (χ0n) is 21.1. The topological polar surface area (TPSA) is 44.6 Å². The second-order valence-electron chi connectivity index (χ2n) is 9.86. The van der Waals surface area contributed by atoms with Crippen molar-refractivity contribution in [1.82, 2.24) is 24.5 Å². The number of carbonyl (C=O) groups excluding carboxylic acids is 1. The molecule has 0 N–H and O–H groups in total. The molecular weight excluding hydrogens is 434 g/mol. The lowest BCUT2D eigenvalue weighted by Gasteiger charge is -2.35. The fraction of sp³-hybridized carbons (Fsp3) is 0.448. The van der Waals surface area contributed by atoms with Crippen molar-refractivity contribution in [2.45, 2.75) is 33.1 Å². The number of nitrogens with zero attached hydrogens (tertiary/aromatic N) is 5. The van der Waals surface area contributed by atoms with Gasteiger partial charge >= 0.3 is 0 Å². The maximum atomic E-state index is 13.8. The lowest BCUT2D eigenvalue weighted by atomic mass is 10.0. The number of benzene rings is 2. The van der Waals surface area contributed by atoms with Gasteiger partial charge in [-0.25, -0.2) is 4.68 Å². The summed E-state index contributed by atoms with van der Waals surface area (Å²) in [7, 11) is 0. The highest BCUT2D eigenvalue weighted by Gasteiger charge is 2.27. The van der Waals surface area contributed by atoms with E-state index in [1.165, 1.54) is 31.5 Å². The average Bonchev–Trinajstić information content (AvgIpc) is 3.58. The van der Waals surface area contributed by atoms with Crippen LogP contribution < -0.4 is 0 Å². The van der Waals surface area contributed by atoms with Crippen molar-refractivity contribution in [3.8, 4) is 16.9 Å². The lowest BCUT2D eigenvalue weighted by Crippen LogP contribution is -2.50. The number of likely N-dealkylation sites (tertiary alicyclic amines) is 1. The van der Waals surface area contributed by atoms with E-state index in [0.717, 1.165) is 68.2 Å². The van der Waals surface area contributed by atoms with Gasteiger partial charge in [-0.1, -0.05) is 49.4 Å². The van der Waals surface area contributed by atoms with Gasteiger partial charge in [0.1, 0.15) is 5.69 Å². The van der Waals surface area contributed by atoms with Gasteiger partial charge < -0.3 is 9.80 Å². The number of amides is 1. The highest BCUT2D eigenvalue weighted by molar-refractivity contribution is 6.00. The molecule has 2 aliphatic heterocycles. The molecule has 0 saturated carbocycles. The van der Waals surface area contributed by atoms with E-state index in [0.29, 0.717) is 5.56 Å². The highest BCUT2D eigenvalue weighted by atomic mass is 16.2. The predicted molar refractivity (Wildman–Crippen MR) is 141 cm³/mol. The molecule has 0 radical (unpaired) electrons. The van der Waals surface area contributed by atoms with Crippen LogP contribution in [-0.2, 0) is 6.42 Å². The zero-order chi connectivity index (χ0) is 24.2. The maximum Gasteiger partial charge on any atom is 0.257 e. The molecule has 2 aliphatic rings. The van der Waals surface area contributed by atoms with Crippen molar-refractivity contribution >= 4 is 5.91 Å². The summed E-state index contributed by atoms with van der Waals surface area (Å²) in [6.07, 6.45) is 5.59. The van der Waals surface area contributed by atoms with Crippen LogP contribution >= 0.6 is 0 Å². The van der Waals surface area contributed by atoms with Gasteiger partial charge in [-0.2, -0.15) is 5.10 Å². The molecule has 5 rings (SSSR count). The van der Waals surface area contributed by atoms with Gasteiger partial charge in [0, 0.05) is 51.0 Å². The average molecular weight is 472 g/mol. The van der Waals surface area contributed by atoms with Gasteiger partial charge in [0.25, 0.3) is 5.91 Å². The molecule has 0 atom stereocenters. The Hall–Kier alpha value is -2.96. The summed E-state index contributed by atoms with van der Waals surface area (Å²) in [6.45, 7) is 12.4. The van der Waals surface area contributed by atoms with E-state index < -0.39 is 0 Å². The van der Waals surface area contributed by atoms with Crippen LogP contribution in [0.25, 0.3) is 16.9 Å². The number of hydrogen-bond donors (Lipinski definition) is 0. The van der Waals surface area contributed by atoms with Gasteiger partial charge in [0.15, 0.2) is 0 Å². The molecular formula is C29H37N5O. The van der Waals surface area contributed by atoms with Crippen molar-refractivity contribution in [3.63, 3.8) is 0 Å². The fourth-order valence-electron chi connectivity index (χ4n) is 5.22. The molecule has 184 valence electrons. The monoisotopic (exact) mass is 471 g/mol. The van der Waals surface area contributed by atoms with Crippen LogP contribution in [0.3, 0.4) is 0 Å². The maximum absolute atomic E-state index is 13.8. The van der Waals surface area contributed by atoms with E-state index in [-0.39, 0.29) is 5.91 Å². The fourth-order valence-corrected chi connectivity index (χ4v) is 5.22. The quantitative estimate of drug-likeness (QED) is 0.516. The number of aromatic nitrogens is 2. The van der Waals surface area contributed by atoms with Crippen LogP contribution in [0.4, 0.5) is 0 Å². The molecule has 6 heteroatoms. The Morgan fingerprint density at radius 3 is 2.17 bits per heavy atom. The zero-order valence-corrected chi connectivity index (χ0v) is 21.1. The standard InChI is InChI=1S/C29H37N5O/c1-3-24-10-12-25(13-11-24)28-26(22-34(30-28)27-9-5-4-8-23(27)2)29(35)33-20-18-32(19-21-33)17-16-31-14-6-7-15-31/h4-5,8-13,22H,3,6-7,14-21H2,1-2H3. The molecule has 1 aromatic heterocycles. The summed E-state index contributed by atoms with van der Waals surface area (Å²) < 4.78 is 1.87. The smallest absolute Gasteiger partial charge is 0.257 e. The molecule has 6 nitrogen and oxygen atoms in total. The minimum atomic E-state index is 0.0820. The van der Waals surface area contributed by atoms with Crippen molar-refractivity contribution in [1.29, 1.82) is 0 Å². The van der Waals surface area contributed by atoms with E-state index in [9.17, 15) is 4.79 Å². The number of aryl methyl sites for hydroxylation is 2. The Morgan fingerprint density at radius 1 is 0.857 bits per heavy atom. The molecule has 0 bridgehead atoms. The second-order valence-corrected chi connectivity index (χ2v) is 9.86. The number of carbonyl (C=O) groups is 1. The summed E-state index contributed by atoms with van der Waals surface area (Å²) in [5.74, 6) is 0.0820. The van der Waals surface area contributed by atoms with Crippen molar-refractivity contribution < 1.29 is 4.79 Å². The van der Waals surface area contributed by atoms with Gasteiger partial charge in [-0.05, 0) is 56.5 Å². The van der Waals surface area contributed by atoms with E-state index in [1.54, 1.807) is 0 Å². The third-order valence-electron chi connectivity index (χ3n) is 7.53. The van der Waals surface area contributed by atoms with Crippen LogP contribution in [-0.4, -0.2) is 82.7 Å². The molecule has 0 aliphatic carbocycles. The molecule has 0 spiro atoms. The third-order valence-corrected chi connectivity index (χ3v) is 7.53. The minimum Gasteiger partial charge on any atom is -0.336 e. The molecule has 1 amide bonds. The van der Waals surface area contributed by atoms with Crippen molar-refractivity contribution in [2.24, 2.45) is 0 Å². The van der Waals surface area contributed by atoms with Crippen LogP contribution in [0.1, 0.15) is 41.3 Å². The first kappa shape index (κ1) is 23.8. The van der Waals surface area contributed by atoms with E-state index in [1.807, 2.05) is 27.9 Å². The van der Waals surface area contributed by atoms with Crippen LogP contribution in [0.2, 0.25) is 0 Å². The Morgan fingerprint density at radius 2 is 1.51 bits per heavy atom. The molecule has 3 aromatic rings. The molecule has 35 heavy (non-hydrogen) atoms. The molecule has 2 aromatic carbocycles. The second kappa shape index (κ2) is 10.8.